The highest BCUT2D eigenvalue weighted by molar-refractivity contribution is 7.89. The van der Waals surface area contributed by atoms with Gasteiger partial charge in [0.05, 0.1) is 25.2 Å². The molecular formula is C19H25NO5S. The van der Waals surface area contributed by atoms with E-state index in [9.17, 15) is 8.42 Å². The summed E-state index contributed by atoms with van der Waals surface area (Å²) >= 11 is 0. The minimum atomic E-state index is -3.67. The predicted molar refractivity (Wildman–Crippen MR) is 101 cm³/mol. The average molecular weight is 379 g/mol. The summed E-state index contributed by atoms with van der Waals surface area (Å²) in [6.07, 6.45) is 0. The fourth-order valence-corrected chi connectivity index (χ4v) is 4.13. The Morgan fingerprint density at radius 2 is 1.58 bits per heavy atom. The van der Waals surface area contributed by atoms with E-state index in [-0.39, 0.29) is 11.5 Å². The number of sulfonamides is 1. The van der Waals surface area contributed by atoms with Crippen LogP contribution < -0.4 is 18.9 Å². The molecule has 26 heavy (non-hydrogen) atoms. The van der Waals surface area contributed by atoms with Crippen LogP contribution in [0.5, 0.6) is 17.2 Å². The van der Waals surface area contributed by atoms with E-state index in [1.54, 1.807) is 52.3 Å². The maximum Gasteiger partial charge on any atom is 0.241 e. The van der Waals surface area contributed by atoms with Gasteiger partial charge in [0, 0.05) is 0 Å². The van der Waals surface area contributed by atoms with Crippen LogP contribution in [0, 0.1) is 13.8 Å². The van der Waals surface area contributed by atoms with Crippen molar-refractivity contribution >= 4 is 10.0 Å². The summed E-state index contributed by atoms with van der Waals surface area (Å²) in [6.45, 7) is 5.48. The van der Waals surface area contributed by atoms with Crippen LogP contribution in [0.4, 0.5) is 0 Å². The van der Waals surface area contributed by atoms with Gasteiger partial charge in [0.2, 0.25) is 10.0 Å². The number of rotatable bonds is 8. The standard InChI is InChI=1S/C19H25NO5S/c1-13-11-19(14(2)10-18(13)24-5)26(21,22)20-15(3)12-25-17-9-7-6-8-16(17)23-4/h6-11,15,20H,12H2,1-5H3. The molecule has 0 aliphatic carbocycles. The van der Waals surface area contributed by atoms with Crippen molar-refractivity contribution in [2.24, 2.45) is 0 Å². The maximum absolute atomic E-state index is 12.7. The van der Waals surface area contributed by atoms with Gasteiger partial charge in [-0.25, -0.2) is 13.1 Å². The molecule has 1 atom stereocenters. The van der Waals surface area contributed by atoms with Gasteiger partial charge in [0.25, 0.3) is 0 Å². The fourth-order valence-electron chi connectivity index (χ4n) is 2.59. The molecule has 2 rings (SSSR count). The van der Waals surface area contributed by atoms with E-state index >= 15 is 0 Å². The van der Waals surface area contributed by atoms with Gasteiger partial charge in [-0.3, -0.25) is 0 Å². The molecule has 7 heteroatoms. The summed E-state index contributed by atoms with van der Waals surface area (Å²) < 4.78 is 44.2. The van der Waals surface area contributed by atoms with Crippen LogP contribution in [0.1, 0.15) is 18.1 Å². The Morgan fingerprint density at radius 3 is 2.19 bits per heavy atom. The summed E-state index contributed by atoms with van der Waals surface area (Å²) in [5.74, 6) is 1.83. The minimum Gasteiger partial charge on any atom is -0.496 e. The van der Waals surface area contributed by atoms with Gasteiger partial charge in [-0.15, -0.1) is 0 Å². The van der Waals surface area contributed by atoms with Crippen LogP contribution in [0.15, 0.2) is 41.3 Å². The van der Waals surface area contributed by atoms with Crippen molar-refractivity contribution in [2.45, 2.75) is 31.7 Å². The molecule has 0 spiro atoms. The first-order valence-electron chi connectivity index (χ1n) is 8.22. The van der Waals surface area contributed by atoms with Crippen LogP contribution in [-0.2, 0) is 10.0 Å². The number of hydrogen-bond donors (Lipinski definition) is 1. The summed E-state index contributed by atoms with van der Waals surface area (Å²) in [4.78, 5) is 0.236. The predicted octanol–water partition coefficient (Wildman–Crippen LogP) is 3.07. The molecule has 0 saturated heterocycles. The summed E-state index contributed by atoms with van der Waals surface area (Å²) in [5.41, 5.74) is 1.38. The lowest BCUT2D eigenvalue weighted by atomic mass is 10.1. The van der Waals surface area contributed by atoms with Gasteiger partial charge in [-0.1, -0.05) is 12.1 Å². The third-order valence-electron chi connectivity index (χ3n) is 3.90. The second kappa shape index (κ2) is 8.42. The number of aryl methyl sites for hydroxylation is 2. The van der Waals surface area contributed by atoms with Crippen molar-refractivity contribution in [3.8, 4) is 17.2 Å². The Morgan fingerprint density at radius 1 is 0.962 bits per heavy atom. The molecule has 1 N–H and O–H groups in total. The van der Waals surface area contributed by atoms with E-state index in [0.29, 0.717) is 22.8 Å². The van der Waals surface area contributed by atoms with Crippen molar-refractivity contribution in [1.82, 2.24) is 4.72 Å². The first-order valence-corrected chi connectivity index (χ1v) is 9.70. The molecule has 2 aromatic rings. The molecule has 142 valence electrons. The Kier molecular flexibility index (Phi) is 6.50. The van der Waals surface area contributed by atoms with Gasteiger partial charge in [0.1, 0.15) is 12.4 Å². The smallest absolute Gasteiger partial charge is 0.241 e. The van der Waals surface area contributed by atoms with Gasteiger partial charge in [-0.05, 0) is 56.2 Å². The summed E-state index contributed by atoms with van der Waals surface area (Å²) in [7, 11) is -0.555. The lowest BCUT2D eigenvalue weighted by molar-refractivity contribution is 0.271. The molecule has 2 aromatic carbocycles. The molecule has 0 heterocycles. The Balaban J connectivity index is 2.10. The van der Waals surface area contributed by atoms with Crippen LogP contribution in [-0.4, -0.2) is 35.3 Å². The van der Waals surface area contributed by atoms with E-state index in [2.05, 4.69) is 4.72 Å². The zero-order valence-corrected chi connectivity index (χ0v) is 16.5. The average Bonchev–Trinajstić information content (AvgIpc) is 2.61. The molecule has 0 saturated carbocycles. The maximum atomic E-state index is 12.7. The molecular weight excluding hydrogens is 354 g/mol. The fraction of sp³-hybridized carbons (Fsp3) is 0.368. The molecule has 6 nitrogen and oxygen atoms in total. The Hall–Kier alpha value is -2.25. The molecule has 0 radical (unpaired) electrons. The number of para-hydroxylation sites is 2. The van der Waals surface area contributed by atoms with E-state index in [1.165, 1.54) is 0 Å². The highest BCUT2D eigenvalue weighted by Crippen LogP contribution is 2.27. The van der Waals surface area contributed by atoms with Gasteiger partial charge in [0.15, 0.2) is 11.5 Å². The number of methoxy groups -OCH3 is 2. The van der Waals surface area contributed by atoms with Crippen LogP contribution in [0.25, 0.3) is 0 Å². The third kappa shape index (κ3) is 4.68. The quantitative estimate of drug-likeness (QED) is 0.763. The number of ether oxygens (including phenoxy) is 3. The first-order chi connectivity index (χ1) is 12.3. The number of nitrogens with one attached hydrogen (secondary N) is 1. The van der Waals surface area contributed by atoms with E-state index in [0.717, 1.165) is 5.56 Å². The molecule has 0 bridgehead atoms. The van der Waals surface area contributed by atoms with E-state index < -0.39 is 16.1 Å². The van der Waals surface area contributed by atoms with Crippen molar-refractivity contribution in [3.63, 3.8) is 0 Å². The normalized spacial score (nSPS) is 12.5. The van der Waals surface area contributed by atoms with E-state index in [1.807, 2.05) is 19.1 Å². The largest absolute Gasteiger partial charge is 0.496 e. The van der Waals surface area contributed by atoms with Crippen molar-refractivity contribution < 1.29 is 22.6 Å². The lowest BCUT2D eigenvalue weighted by Crippen LogP contribution is -2.37. The zero-order valence-electron chi connectivity index (χ0n) is 15.7. The van der Waals surface area contributed by atoms with Crippen molar-refractivity contribution in [2.75, 3.05) is 20.8 Å². The van der Waals surface area contributed by atoms with Crippen LogP contribution in [0.3, 0.4) is 0 Å². The van der Waals surface area contributed by atoms with Gasteiger partial charge in [-0.2, -0.15) is 0 Å². The first kappa shape index (κ1) is 20.1. The molecule has 0 amide bonds. The molecule has 0 aliphatic heterocycles. The Bertz CT molecular complexity index is 864. The van der Waals surface area contributed by atoms with Crippen LogP contribution >= 0.6 is 0 Å². The topological polar surface area (TPSA) is 73.9 Å². The van der Waals surface area contributed by atoms with Crippen molar-refractivity contribution in [1.29, 1.82) is 0 Å². The monoisotopic (exact) mass is 379 g/mol. The van der Waals surface area contributed by atoms with E-state index in [4.69, 9.17) is 14.2 Å². The zero-order chi connectivity index (χ0) is 19.3. The van der Waals surface area contributed by atoms with Crippen molar-refractivity contribution in [3.05, 3.63) is 47.5 Å². The second-order valence-electron chi connectivity index (χ2n) is 6.07. The van der Waals surface area contributed by atoms with Crippen LogP contribution in [0.2, 0.25) is 0 Å². The highest BCUT2D eigenvalue weighted by atomic mass is 32.2. The number of hydrogen-bond acceptors (Lipinski definition) is 5. The molecule has 0 aliphatic rings. The summed E-state index contributed by atoms with van der Waals surface area (Å²) in [5, 5.41) is 0. The highest BCUT2D eigenvalue weighted by Gasteiger charge is 2.21. The third-order valence-corrected chi connectivity index (χ3v) is 5.63. The SMILES string of the molecule is COc1cc(C)c(S(=O)(=O)NC(C)COc2ccccc2OC)cc1C. The van der Waals surface area contributed by atoms with Gasteiger partial charge < -0.3 is 14.2 Å². The Labute approximate surface area is 155 Å². The molecule has 1 unspecified atom stereocenters. The second-order valence-corrected chi connectivity index (χ2v) is 7.75. The number of benzene rings is 2. The summed E-state index contributed by atoms with van der Waals surface area (Å²) in [6, 6.07) is 10.1. The molecule has 0 fully saturated rings. The lowest BCUT2D eigenvalue weighted by Gasteiger charge is -2.18. The molecule has 0 aromatic heterocycles. The van der Waals surface area contributed by atoms with Gasteiger partial charge >= 0.3 is 0 Å². The minimum absolute atomic E-state index is 0.174.